The zero-order valence-electron chi connectivity index (χ0n) is 22.7. The number of rotatable bonds is 7. The zero-order valence-corrected chi connectivity index (χ0v) is 21.7. The van der Waals surface area contributed by atoms with Gasteiger partial charge in [-0.05, 0) is 55.0 Å². The molecule has 1 aliphatic rings. The van der Waals surface area contributed by atoms with Crippen molar-refractivity contribution in [2.45, 2.75) is 6.92 Å². The van der Waals surface area contributed by atoms with Crippen LogP contribution in [0.5, 0.6) is 0 Å². The van der Waals surface area contributed by atoms with Crippen LogP contribution in [-0.4, -0.2) is 60.8 Å². The van der Waals surface area contributed by atoms with E-state index in [-0.39, 0.29) is 17.8 Å². The Morgan fingerprint density at radius 3 is 2.74 bits per heavy atom. The van der Waals surface area contributed by atoms with E-state index in [1.54, 1.807) is 24.3 Å². The number of methoxy groups -OCH3 is 1. The molecule has 194 valence electrons. The fraction of sp³-hybridized carbons (Fsp3) is 0.241. The maximum absolute atomic E-state index is 14.2. The van der Waals surface area contributed by atoms with E-state index >= 15 is 0 Å². The summed E-state index contributed by atoms with van der Waals surface area (Å²) in [6, 6.07) is 15.1. The number of likely N-dealkylation sites (N-methyl/N-ethyl adjacent to an activating group) is 1. The summed E-state index contributed by atoms with van der Waals surface area (Å²) >= 11 is 0. The lowest BCUT2D eigenvalue weighted by Crippen LogP contribution is -2.43. The van der Waals surface area contributed by atoms with Gasteiger partial charge in [-0.1, -0.05) is 18.7 Å². The number of hydrogen-bond donors (Lipinski definition) is 0. The van der Waals surface area contributed by atoms with Crippen LogP contribution in [0.25, 0.3) is 16.7 Å². The summed E-state index contributed by atoms with van der Waals surface area (Å²) < 4.78 is 14.7. The highest BCUT2D eigenvalue weighted by Gasteiger charge is 2.30. The van der Waals surface area contributed by atoms with Crippen molar-refractivity contribution in [2.75, 3.05) is 55.1 Å². The maximum Gasteiger partial charge on any atom is 0.280 e. The van der Waals surface area contributed by atoms with Crippen molar-refractivity contribution in [3.63, 3.8) is 0 Å². The van der Waals surface area contributed by atoms with Crippen LogP contribution in [0.2, 0.25) is 0 Å². The van der Waals surface area contributed by atoms with Crippen molar-refractivity contribution in [3.8, 4) is 5.69 Å². The van der Waals surface area contributed by atoms with Crippen molar-refractivity contribution in [2.24, 2.45) is 0 Å². The number of anilines is 4. The smallest absolute Gasteiger partial charge is 0.280 e. The summed E-state index contributed by atoms with van der Waals surface area (Å²) in [4.78, 5) is 40.9. The molecule has 2 aromatic carbocycles. The molecule has 0 atom stereocenters. The molecule has 0 saturated carbocycles. The van der Waals surface area contributed by atoms with Crippen molar-refractivity contribution in [1.29, 1.82) is 0 Å². The number of para-hydroxylation sites is 1. The SMILES string of the molecule is [2H]c1ncc2cc(N3CCN(C(=O)C=C)c4c(C)cccc43)c(=O)n(-c3ccc(N(C)CCOC)cc3)c2n1. The minimum atomic E-state index is -0.281. The van der Waals surface area contributed by atoms with Crippen LogP contribution in [0.1, 0.15) is 6.93 Å². The molecule has 0 N–H and O–H groups in total. The van der Waals surface area contributed by atoms with Gasteiger partial charge in [0.1, 0.15) is 13.4 Å². The number of pyridine rings is 1. The molecule has 9 nitrogen and oxygen atoms in total. The minimum Gasteiger partial charge on any atom is -0.383 e. The Bertz CT molecular complexity index is 1620. The van der Waals surface area contributed by atoms with Crippen LogP contribution in [0, 0.1) is 6.92 Å². The number of fused-ring (bicyclic) bond motifs is 2. The van der Waals surface area contributed by atoms with Crippen LogP contribution >= 0.6 is 0 Å². The van der Waals surface area contributed by atoms with Gasteiger partial charge in [0.15, 0.2) is 5.65 Å². The number of benzene rings is 2. The minimum absolute atomic E-state index is 0.170. The molecule has 1 amide bonds. The van der Waals surface area contributed by atoms with E-state index in [9.17, 15) is 9.59 Å². The lowest BCUT2D eigenvalue weighted by molar-refractivity contribution is -0.114. The molecule has 0 spiro atoms. The fourth-order valence-electron chi connectivity index (χ4n) is 4.87. The largest absolute Gasteiger partial charge is 0.383 e. The Labute approximate surface area is 222 Å². The second-order valence-corrected chi connectivity index (χ2v) is 9.14. The number of nitrogens with zero attached hydrogens (tertiary/aromatic N) is 6. The molecule has 5 rings (SSSR count). The first-order chi connectivity index (χ1) is 18.8. The van der Waals surface area contributed by atoms with Crippen LogP contribution < -0.4 is 20.3 Å². The third-order valence-corrected chi connectivity index (χ3v) is 6.84. The van der Waals surface area contributed by atoms with Gasteiger partial charge in [0.05, 0.1) is 23.7 Å². The van der Waals surface area contributed by atoms with Crippen LogP contribution in [-0.2, 0) is 9.53 Å². The Morgan fingerprint density at radius 2 is 2.00 bits per heavy atom. The molecule has 0 bridgehead atoms. The zero-order chi connectivity index (χ0) is 27.7. The number of ether oxygens (including phenoxy) is 1. The van der Waals surface area contributed by atoms with E-state index in [4.69, 9.17) is 6.11 Å². The quantitative estimate of drug-likeness (QED) is 0.349. The standard InChI is InChI=1S/C29H30N6O3/c1-5-26(36)34-14-13-33(24-8-6-7-20(2)27(24)34)25-17-21-18-30-19-31-28(21)35(29(25)37)23-11-9-22(10-12-23)32(3)15-16-38-4/h5-12,17-19H,1,13-16H2,2-4H3/i19D. The lowest BCUT2D eigenvalue weighted by atomic mass is 10.1. The average Bonchev–Trinajstić information content (AvgIpc) is 2.95. The summed E-state index contributed by atoms with van der Waals surface area (Å²) in [5, 5.41) is 0.626. The Balaban J connectivity index is 1.67. The van der Waals surface area contributed by atoms with Gasteiger partial charge in [-0.15, -0.1) is 0 Å². The molecule has 2 aromatic heterocycles. The van der Waals surface area contributed by atoms with E-state index in [1.807, 2.05) is 61.3 Å². The van der Waals surface area contributed by atoms with Crippen molar-refractivity contribution in [1.82, 2.24) is 14.5 Å². The van der Waals surface area contributed by atoms with E-state index < -0.39 is 0 Å². The first-order valence-corrected chi connectivity index (χ1v) is 12.3. The molecule has 0 fully saturated rings. The maximum atomic E-state index is 14.2. The van der Waals surface area contributed by atoms with Gasteiger partial charge in [-0.3, -0.25) is 14.2 Å². The van der Waals surface area contributed by atoms with Crippen LogP contribution in [0.4, 0.5) is 22.7 Å². The molecule has 9 heteroatoms. The Kier molecular flexibility index (Phi) is 6.58. The topological polar surface area (TPSA) is 83.8 Å². The molecule has 0 radical (unpaired) electrons. The number of carbonyl (C=O) groups excluding carboxylic acids is 1. The number of hydrogen-bond acceptors (Lipinski definition) is 7. The molecule has 4 aromatic rings. The van der Waals surface area contributed by atoms with Gasteiger partial charge in [-0.25, -0.2) is 9.97 Å². The van der Waals surface area contributed by atoms with Crippen molar-refractivity contribution >= 4 is 39.7 Å². The van der Waals surface area contributed by atoms with Gasteiger partial charge in [0.25, 0.3) is 11.5 Å². The predicted octanol–water partition coefficient (Wildman–Crippen LogP) is 3.84. The number of carbonyl (C=O) groups is 1. The van der Waals surface area contributed by atoms with Gasteiger partial charge in [0, 0.05) is 51.1 Å². The first kappa shape index (κ1) is 23.9. The van der Waals surface area contributed by atoms with Crippen LogP contribution in [0.3, 0.4) is 0 Å². The van der Waals surface area contributed by atoms with Crippen molar-refractivity contribution in [3.05, 3.63) is 89.6 Å². The molecule has 1 aliphatic heterocycles. The highest BCUT2D eigenvalue weighted by Crippen LogP contribution is 2.39. The normalized spacial score (nSPS) is 13.3. The van der Waals surface area contributed by atoms with Gasteiger partial charge < -0.3 is 19.4 Å². The van der Waals surface area contributed by atoms with E-state index in [0.717, 1.165) is 29.2 Å². The number of aryl methyl sites for hydroxylation is 1. The molecule has 0 unspecified atom stereocenters. The molecule has 38 heavy (non-hydrogen) atoms. The monoisotopic (exact) mass is 511 g/mol. The Hall–Kier alpha value is -4.50. The van der Waals surface area contributed by atoms with Gasteiger partial charge in [0.2, 0.25) is 0 Å². The third-order valence-electron chi connectivity index (χ3n) is 6.84. The number of aromatic nitrogens is 3. The van der Waals surface area contributed by atoms with E-state index in [2.05, 4.69) is 21.4 Å². The van der Waals surface area contributed by atoms with Gasteiger partial charge >= 0.3 is 0 Å². The van der Waals surface area contributed by atoms with E-state index in [0.29, 0.717) is 42.1 Å². The molecule has 0 saturated heterocycles. The molecule has 3 heterocycles. The highest BCUT2D eigenvalue weighted by molar-refractivity contribution is 6.05. The second-order valence-electron chi connectivity index (χ2n) is 9.14. The molecular weight excluding hydrogens is 480 g/mol. The Morgan fingerprint density at radius 1 is 1.21 bits per heavy atom. The first-order valence-electron chi connectivity index (χ1n) is 12.8. The summed E-state index contributed by atoms with van der Waals surface area (Å²) in [5.41, 5.74) is 4.54. The predicted molar refractivity (Wildman–Crippen MR) is 151 cm³/mol. The van der Waals surface area contributed by atoms with Crippen LogP contribution in [0.15, 0.2) is 78.5 Å². The van der Waals surface area contributed by atoms with Gasteiger partial charge in [-0.2, -0.15) is 0 Å². The average molecular weight is 512 g/mol. The summed E-state index contributed by atoms with van der Waals surface area (Å²) in [6.07, 6.45) is 2.70. The third kappa shape index (κ3) is 4.41. The van der Waals surface area contributed by atoms with E-state index in [1.165, 1.54) is 10.6 Å². The summed E-state index contributed by atoms with van der Waals surface area (Å²) in [7, 11) is 3.65. The summed E-state index contributed by atoms with van der Waals surface area (Å²) in [6.45, 7) is 7.72. The molecular formula is C29H30N6O3. The lowest BCUT2D eigenvalue weighted by Gasteiger charge is -2.38. The highest BCUT2D eigenvalue weighted by atomic mass is 16.5. The second kappa shape index (κ2) is 10.5. The summed E-state index contributed by atoms with van der Waals surface area (Å²) in [5.74, 6) is -0.187. The molecule has 0 aliphatic carbocycles. The van der Waals surface area contributed by atoms with Crippen molar-refractivity contribution < 1.29 is 10.9 Å². The fourth-order valence-corrected chi connectivity index (χ4v) is 4.87. The number of amides is 1.